The maximum Gasteiger partial charge on any atom is 0.247 e. The third-order valence-corrected chi connectivity index (χ3v) is 3.63. The lowest BCUT2D eigenvalue weighted by atomic mass is 9.82. The predicted molar refractivity (Wildman–Crippen MR) is 68.7 cm³/mol. The highest BCUT2D eigenvalue weighted by Gasteiger charge is 2.35. The first-order chi connectivity index (χ1) is 8.78. The van der Waals surface area contributed by atoms with Crippen molar-refractivity contribution in [2.24, 2.45) is 5.73 Å². The summed E-state index contributed by atoms with van der Waals surface area (Å²) < 4.78 is 5.38. The molecule has 4 nitrogen and oxygen atoms in total. The standard InChI is InChI=1S/C14H17N3O/c15-14(9-5-2-6-10-14)13-16-12(17-18-13)11-7-3-1-4-8-11/h1,3-4,7-8H,2,5-6,9-10,15H2. The van der Waals surface area contributed by atoms with E-state index in [1.54, 1.807) is 0 Å². The van der Waals surface area contributed by atoms with Crippen molar-refractivity contribution in [2.75, 3.05) is 0 Å². The zero-order valence-electron chi connectivity index (χ0n) is 10.3. The van der Waals surface area contributed by atoms with Gasteiger partial charge in [-0.1, -0.05) is 54.8 Å². The maximum absolute atomic E-state index is 6.38. The highest BCUT2D eigenvalue weighted by Crippen LogP contribution is 2.34. The Morgan fingerprint density at radius 1 is 1.06 bits per heavy atom. The van der Waals surface area contributed by atoms with Gasteiger partial charge in [-0.2, -0.15) is 4.98 Å². The highest BCUT2D eigenvalue weighted by molar-refractivity contribution is 5.53. The van der Waals surface area contributed by atoms with Crippen LogP contribution in [0, 0.1) is 0 Å². The molecule has 0 spiro atoms. The minimum atomic E-state index is -0.418. The van der Waals surface area contributed by atoms with E-state index in [9.17, 15) is 0 Å². The molecule has 0 saturated heterocycles. The van der Waals surface area contributed by atoms with Crippen LogP contribution in [0.15, 0.2) is 34.9 Å². The van der Waals surface area contributed by atoms with E-state index in [0.29, 0.717) is 11.7 Å². The fourth-order valence-electron chi connectivity index (χ4n) is 2.53. The molecule has 94 valence electrons. The normalized spacial score (nSPS) is 18.7. The Bertz CT molecular complexity index is 515. The van der Waals surface area contributed by atoms with Gasteiger partial charge in [0.05, 0.1) is 5.54 Å². The van der Waals surface area contributed by atoms with Gasteiger partial charge in [0.25, 0.3) is 0 Å². The Balaban J connectivity index is 1.89. The smallest absolute Gasteiger partial charge is 0.247 e. The van der Waals surface area contributed by atoms with Crippen molar-refractivity contribution in [3.05, 3.63) is 36.2 Å². The monoisotopic (exact) mass is 243 g/mol. The van der Waals surface area contributed by atoms with Crippen molar-refractivity contribution in [3.63, 3.8) is 0 Å². The molecule has 1 aromatic heterocycles. The molecule has 1 heterocycles. The summed E-state index contributed by atoms with van der Waals surface area (Å²) in [5.74, 6) is 1.21. The Morgan fingerprint density at radius 2 is 1.78 bits per heavy atom. The number of benzene rings is 1. The summed E-state index contributed by atoms with van der Waals surface area (Å²) in [6.45, 7) is 0. The predicted octanol–water partition coefficient (Wildman–Crippen LogP) is 2.85. The highest BCUT2D eigenvalue weighted by atomic mass is 16.5. The van der Waals surface area contributed by atoms with E-state index in [2.05, 4.69) is 10.1 Å². The number of hydrogen-bond donors (Lipinski definition) is 1. The van der Waals surface area contributed by atoms with Crippen LogP contribution in [0.5, 0.6) is 0 Å². The van der Waals surface area contributed by atoms with Crippen molar-refractivity contribution in [3.8, 4) is 11.4 Å². The molecule has 0 aliphatic heterocycles. The lowest BCUT2D eigenvalue weighted by molar-refractivity contribution is 0.220. The Kier molecular flexibility index (Phi) is 2.88. The van der Waals surface area contributed by atoms with Gasteiger partial charge in [-0.25, -0.2) is 0 Å². The number of aromatic nitrogens is 2. The van der Waals surface area contributed by atoms with E-state index < -0.39 is 5.54 Å². The molecule has 1 aliphatic rings. The second-order valence-electron chi connectivity index (χ2n) is 5.01. The van der Waals surface area contributed by atoms with Gasteiger partial charge < -0.3 is 10.3 Å². The van der Waals surface area contributed by atoms with Crippen LogP contribution in [0.1, 0.15) is 38.0 Å². The average Bonchev–Trinajstić information content (AvgIpc) is 2.91. The van der Waals surface area contributed by atoms with Crippen LogP contribution in [0.3, 0.4) is 0 Å². The van der Waals surface area contributed by atoms with Gasteiger partial charge in [0.15, 0.2) is 0 Å². The second kappa shape index (κ2) is 4.53. The molecule has 0 unspecified atom stereocenters. The van der Waals surface area contributed by atoms with E-state index >= 15 is 0 Å². The number of nitrogens with zero attached hydrogens (tertiary/aromatic N) is 2. The third kappa shape index (κ3) is 2.04. The fourth-order valence-corrected chi connectivity index (χ4v) is 2.53. The zero-order valence-corrected chi connectivity index (χ0v) is 10.3. The molecule has 18 heavy (non-hydrogen) atoms. The summed E-state index contributed by atoms with van der Waals surface area (Å²) in [6, 6.07) is 9.84. The molecule has 1 aliphatic carbocycles. The van der Waals surface area contributed by atoms with Crippen LogP contribution in [0.4, 0.5) is 0 Å². The number of nitrogens with two attached hydrogens (primary N) is 1. The molecule has 1 saturated carbocycles. The SMILES string of the molecule is NC1(c2nc(-c3ccccc3)no2)CCCCC1. The third-order valence-electron chi connectivity index (χ3n) is 3.63. The van der Waals surface area contributed by atoms with Gasteiger partial charge in [-0.05, 0) is 12.8 Å². The Labute approximate surface area is 106 Å². The summed E-state index contributed by atoms with van der Waals surface area (Å²) >= 11 is 0. The summed E-state index contributed by atoms with van der Waals surface area (Å²) in [7, 11) is 0. The van der Waals surface area contributed by atoms with Crippen molar-refractivity contribution in [2.45, 2.75) is 37.6 Å². The first kappa shape index (κ1) is 11.4. The zero-order chi connectivity index (χ0) is 12.4. The molecule has 0 radical (unpaired) electrons. The largest absolute Gasteiger partial charge is 0.337 e. The number of hydrogen-bond acceptors (Lipinski definition) is 4. The van der Waals surface area contributed by atoms with Crippen LogP contribution in [0.2, 0.25) is 0 Å². The van der Waals surface area contributed by atoms with Gasteiger partial charge >= 0.3 is 0 Å². The lowest BCUT2D eigenvalue weighted by Gasteiger charge is -2.29. The van der Waals surface area contributed by atoms with E-state index in [1.807, 2.05) is 30.3 Å². The maximum atomic E-state index is 6.38. The lowest BCUT2D eigenvalue weighted by Crippen LogP contribution is -2.38. The Morgan fingerprint density at radius 3 is 2.50 bits per heavy atom. The summed E-state index contributed by atoms with van der Waals surface area (Å²) in [5.41, 5.74) is 6.92. The molecule has 4 heteroatoms. The Hall–Kier alpha value is -1.68. The van der Waals surface area contributed by atoms with Crippen LogP contribution in [-0.2, 0) is 5.54 Å². The molecular formula is C14H17N3O. The first-order valence-corrected chi connectivity index (χ1v) is 6.46. The van der Waals surface area contributed by atoms with Gasteiger partial charge in [0.1, 0.15) is 0 Å². The van der Waals surface area contributed by atoms with Gasteiger partial charge in [0.2, 0.25) is 11.7 Å². The van der Waals surface area contributed by atoms with E-state index in [1.165, 1.54) is 6.42 Å². The van der Waals surface area contributed by atoms with Crippen molar-refractivity contribution >= 4 is 0 Å². The van der Waals surface area contributed by atoms with Crippen molar-refractivity contribution in [1.29, 1.82) is 0 Å². The van der Waals surface area contributed by atoms with E-state index in [0.717, 1.165) is 31.2 Å². The van der Waals surface area contributed by atoms with E-state index in [4.69, 9.17) is 10.3 Å². The summed E-state index contributed by atoms with van der Waals surface area (Å²) in [6.07, 6.45) is 5.39. The van der Waals surface area contributed by atoms with Gasteiger partial charge in [0, 0.05) is 5.56 Å². The molecule has 2 N–H and O–H groups in total. The van der Waals surface area contributed by atoms with Crippen LogP contribution >= 0.6 is 0 Å². The molecule has 1 aromatic carbocycles. The van der Waals surface area contributed by atoms with Crippen molar-refractivity contribution in [1.82, 2.24) is 10.1 Å². The van der Waals surface area contributed by atoms with Gasteiger partial charge in [-0.3, -0.25) is 0 Å². The summed E-state index contributed by atoms with van der Waals surface area (Å²) in [5, 5.41) is 4.04. The van der Waals surface area contributed by atoms with Crippen molar-refractivity contribution < 1.29 is 4.52 Å². The van der Waals surface area contributed by atoms with Gasteiger partial charge in [-0.15, -0.1) is 0 Å². The van der Waals surface area contributed by atoms with Crippen LogP contribution in [-0.4, -0.2) is 10.1 Å². The quantitative estimate of drug-likeness (QED) is 0.880. The number of rotatable bonds is 2. The molecule has 0 atom stereocenters. The minimum absolute atomic E-state index is 0.418. The molecular weight excluding hydrogens is 226 g/mol. The molecule has 3 rings (SSSR count). The first-order valence-electron chi connectivity index (χ1n) is 6.46. The fraction of sp³-hybridized carbons (Fsp3) is 0.429. The molecule has 0 bridgehead atoms. The van der Waals surface area contributed by atoms with Crippen LogP contribution in [0.25, 0.3) is 11.4 Å². The average molecular weight is 243 g/mol. The molecule has 2 aromatic rings. The minimum Gasteiger partial charge on any atom is -0.337 e. The molecule has 1 fully saturated rings. The second-order valence-corrected chi connectivity index (χ2v) is 5.01. The topological polar surface area (TPSA) is 64.9 Å². The van der Waals surface area contributed by atoms with Crippen LogP contribution < -0.4 is 5.73 Å². The molecule has 0 amide bonds. The van der Waals surface area contributed by atoms with E-state index in [-0.39, 0.29) is 0 Å². The summed E-state index contributed by atoms with van der Waals surface area (Å²) in [4.78, 5) is 4.47.